The normalized spacial score (nSPS) is 21.2. The minimum absolute atomic E-state index is 0.0717. The number of esters is 1. The van der Waals surface area contributed by atoms with Crippen molar-refractivity contribution < 1.29 is 19.4 Å². The average Bonchev–Trinajstić information content (AvgIpc) is 2.55. The number of hydrogen-bond acceptors (Lipinski definition) is 4. The van der Waals surface area contributed by atoms with Crippen LogP contribution < -0.4 is 5.32 Å². The molecule has 0 bridgehead atoms. The maximum Gasteiger partial charge on any atom is 0.338 e. The summed E-state index contributed by atoms with van der Waals surface area (Å²) in [6.45, 7) is 1.90. The van der Waals surface area contributed by atoms with Gasteiger partial charge in [-0.3, -0.25) is 4.79 Å². The van der Waals surface area contributed by atoms with Gasteiger partial charge < -0.3 is 15.2 Å². The molecule has 22 heavy (non-hydrogen) atoms. The van der Waals surface area contributed by atoms with Gasteiger partial charge in [0, 0.05) is 6.04 Å². The molecule has 0 unspecified atom stereocenters. The number of nitrogens with one attached hydrogen (secondary N) is 1. The van der Waals surface area contributed by atoms with E-state index in [2.05, 4.69) is 12.2 Å². The van der Waals surface area contributed by atoms with E-state index < -0.39 is 5.97 Å². The van der Waals surface area contributed by atoms with Gasteiger partial charge in [-0.2, -0.15) is 0 Å². The Morgan fingerprint density at radius 3 is 2.41 bits per heavy atom. The van der Waals surface area contributed by atoms with E-state index >= 15 is 0 Å². The van der Waals surface area contributed by atoms with Crippen LogP contribution in [-0.4, -0.2) is 29.6 Å². The van der Waals surface area contributed by atoms with E-state index in [0.717, 1.165) is 37.2 Å². The third kappa shape index (κ3) is 4.84. The molecule has 1 amide bonds. The van der Waals surface area contributed by atoms with Gasteiger partial charge in [0.05, 0.1) is 12.2 Å². The third-order valence-corrected chi connectivity index (χ3v) is 4.09. The lowest BCUT2D eigenvalue weighted by atomic mass is 9.87. The summed E-state index contributed by atoms with van der Waals surface area (Å²) in [6, 6.07) is 6.66. The summed E-state index contributed by atoms with van der Waals surface area (Å²) in [6.07, 6.45) is 4.23. The molecule has 1 saturated carbocycles. The maximum atomic E-state index is 11.8. The van der Waals surface area contributed by atoms with Crippen LogP contribution in [0.4, 0.5) is 0 Å². The number of benzene rings is 1. The van der Waals surface area contributed by atoms with Crippen LogP contribution in [-0.2, 0) is 16.1 Å². The Hall–Kier alpha value is -1.88. The number of carbonyl (C=O) groups excluding carboxylic acids is 2. The van der Waals surface area contributed by atoms with E-state index in [-0.39, 0.29) is 25.2 Å². The van der Waals surface area contributed by atoms with Crippen molar-refractivity contribution in [2.75, 3.05) is 6.61 Å². The molecule has 0 aliphatic heterocycles. The molecule has 0 radical (unpaired) electrons. The first-order chi connectivity index (χ1) is 10.6. The quantitative estimate of drug-likeness (QED) is 0.816. The minimum Gasteiger partial charge on any atom is -0.452 e. The summed E-state index contributed by atoms with van der Waals surface area (Å²) in [4.78, 5) is 23.6. The Labute approximate surface area is 130 Å². The molecule has 2 rings (SSSR count). The molecule has 0 saturated heterocycles. The highest BCUT2D eigenvalue weighted by atomic mass is 16.5. The van der Waals surface area contributed by atoms with Crippen LogP contribution in [0.5, 0.6) is 0 Å². The van der Waals surface area contributed by atoms with Gasteiger partial charge in [0.15, 0.2) is 6.61 Å². The summed E-state index contributed by atoms with van der Waals surface area (Å²) in [7, 11) is 0. The van der Waals surface area contributed by atoms with Crippen molar-refractivity contribution in [2.45, 2.75) is 45.3 Å². The molecule has 0 spiro atoms. The van der Waals surface area contributed by atoms with Crippen molar-refractivity contribution in [3.8, 4) is 0 Å². The second-order valence-corrected chi connectivity index (χ2v) is 5.96. The monoisotopic (exact) mass is 305 g/mol. The first kappa shape index (κ1) is 16.5. The van der Waals surface area contributed by atoms with Crippen molar-refractivity contribution in [2.24, 2.45) is 5.92 Å². The highest BCUT2D eigenvalue weighted by molar-refractivity contribution is 5.91. The number of aliphatic hydroxyl groups excluding tert-OH is 1. The van der Waals surface area contributed by atoms with Crippen molar-refractivity contribution >= 4 is 11.9 Å². The molecule has 0 heterocycles. The lowest BCUT2D eigenvalue weighted by molar-refractivity contribution is -0.125. The smallest absolute Gasteiger partial charge is 0.338 e. The second kappa shape index (κ2) is 7.94. The van der Waals surface area contributed by atoms with Gasteiger partial charge in [0.1, 0.15) is 0 Å². The fraction of sp³-hybridized carbons (Fsp3) is 0.529. The number of hydrogen-bond donors (Lipinski definition) is 2. The molecule has 0 atom stereocenters. The van der Waals surface area contributed by atoms with Crippen LogP contribution in [0.1, 0.15) is 48.5 Å². The third-order valence-electron chi connectivity index (χ3n) is 4.09. The maximum absolute atomic E-state index is 11.8. The highest BCUT2D eigenvalue weighted by Gasteiger charge is 2.20. The molecule has 1 aliphatic carbocycles. The Balaban J connectivity index is 1.74. The van der Waals surface area contributed by atoms with Crippen LogP contribution in [0.15, 0.2) is 24.3 Å². The van der Waals surface area contributed by atoms with Crippen molar-refractivity contribution in [1.82, 2.24) is 5.32 Å². The van der Waals surface area contributed by atoms with Crippen molar-refractivity contribution in [1.29, 1.82) is 0 Å². The molecule has 5 nitrogen and oxygen atoms in total. The first-order valence-corrected chi connectivity index (χ1v) is 7.74. The molecule has 0 aromatic heterocycles. The zero-order valence-electron chi connectivity index (χ0n) is 12.9. The van der Waals surface area contributed by atoms with Gasteiger partial charge in [-0.15, -0.1) is 0 Å². The largest absolute Gasteiger partial charge is 0.452 e. The van der Waals surface area contributed by atoms with E-state index in [1.807, 2.05) is 0 Å². The number of ether oxygens (including phenoxy) is 1. The van der Waals surface area contributed by atoms with Gasteiger partial charge in [0.25, 0.3) is 5.91 Å². The summed E-state index contributed by atoms with van der Waals surface area (Å²) in [5.41, 5.74) is 1.09. The van der Waals surface area contributed by atoms with E-state index in [0.29, 0.717) is 5.56 Å². The second-order valence-electron chi connectivity index (χ2n) is 5.96. The van der Waals surface area contributed by atoms with Crippen LogP contribution >= 0.6 is 0 Å². The van der Waals surface area contributed by atoms with E-state index in [4.69, 9.17) is 9.84 Å². The molecule has 1 aliphatic rings. The van der Waals surface area contributed by atoms with Crippen LogP contribution in [0, 0.1) is 5.92 Å². The van der Waals surface area contributed by atoms with Crippen molar-refractivity contribution in [3.63, 3.8) is 0 Å². The zero-order valence-corrected chi connectivity index (χ0v) is 12.9. The first-order valence-electron chi connectivity index (χ1n) is 7.74. The van der Waals surface area contributed by atoms with E-state index in [1.165, 1.54) is 0 Å². The summed E-state index contributed by atoms with van der Waals surface area (Å²) in [5.74, 6) is -0.0512. The Kier molecular flexibility index (Phi) is 5.95. The molecule has 1 aromatic rings. The molecular weight excluding hydrogens is 282 g/mol. The molecule has 120 valence electrons. The minimum atomic E-state index is -0.531. The van der Waals surface area contributed by atoms with Gasteiger partial charge in [-0.1, -0.05) is 19.1 Å². The average molecular weight is 305 g/mol. The van der Waals surface area contributed by atoms with Crippen molar-refractivity contribution in [3.05, 3.63) is 35.4 Å². The SMILES string of the molecule is CC1CCC(NC(=O)COC(=O)c2ccc(CO)cc2)CC1. The van der Waals surface area contributed by atoms with Crippen LogP contribution in [0.3, 0.4) is 0 Å². The Morgan fingerprint density at radius 1 is 1.18 bits per heavy atom. The zero-order chi connectivity index (χ0) is 15.9. The van der Waals surface area contributed by atoms with Gasteiger partial charge in [-0.05, 0) is 49.3 Å². The van der Waals surface area contributed by atoms with Crippen LogP contribution in [0.25, 0.3) is 0 Å². The summed E-state index contributed by atoms with van der Waals surface area (Å²) < 4.78 is 5.01. The Bertz CT molecular complexity index is 504. The standard InChI is InChI=1S/C17H23NO4/c1-12-2-8-15(9-3-12)18-16(20)11-22-17(21)14-6-4-13(10-19)5-7-14/h4-7,12,15,19H,2-3,8-11H2,1H3,(H,18,20). The molecule has 5 heteroatoms. The fourth-order valence-electron chi connectivity index (χ4n) is 2.63. The highest BCUT2D eigenvalue weighted by Crippen LogP contribution is 2.23. The summed E-state index contributed by atoms with van der Waals surface area (Å²) >= 11 is 0. The number of carbonyl (C=O) groups is 2. The molecular formula is C17H23NO4. The number of rotatable bonds is 5. The van der Waals surface area contributed by atoms with Gasteiger partial charge in [-0.25, -0.2) is 4.79 Å². The van der Waals surface area contributed by atoms with E-state index in [1.54, 1.807) is 24.3 Å². The predicted octanol–water partition coefficient (Wildman–Crippen LogP) is 2.03. The lowest BCUT2D eigenvalue weighted by Crippen LogP contribution is -2.39. The number of amides is 1. The van der Waals surface area contributed by atoms with Gasteiger partial charge >= 0.3 is 5.97 Å². The van der Waals surface area contributed by atoms with Crippen LogP contribution in [0.2, 0.25) is 0 Å². The fourth-order valence-corrected chi connectivity index (χ4v) is 2.63. The predicted molar refractivity (Wildman–Crippen MR) is 82.2 cm³/mol. The molecule has 1 aromatic carbocycles. The topological polar surface area (TPSA) is 75.6 Å². The molecule has 1 fully saturated rings. The summed E-state index contributed by atoms with van der Waals surface area (Å²) in [5, 5.41) is 11.9. The number of aliphatic hydroxyl groups is 1. The van der Waals surface area contributed by atoms with Gasteiger partial charge in [0.2, 0.25) is 0 Å². The Morgan fingerprint density at radius 2 is 1.82 bits per heavy atom. The molecule has 2 N–H and O–H groups in total. The van der Waals surface area contributed by atoms with E-state index in [9.17, 15) is 9.59 Å². The lowest BCUT2D eigenvalue weighted by Gasteiger charge is -2.26.